The maximum absolute atomic E-state index is 13.1. The molecule has 26 heavy (non-hydrogen) atoms. The molecule has 7 nitrogen and oxygen atoms in total. The molecule has 0 saturated carbocycles. The van der Waals surface area contributed by atoms with Crippen molar-refractivity contribution in [2.24, 2.45) is 0 Å². The van der Waals surface area contributed by atoms with E-state index in [4.69, 9.17) is 13.7 Å². The Kier molecular flexibility index (Phi) is 4.82. The van der Waals surface area contributed by atoms with Gasteiger partial charge in [0.2, 0.25) is 0 Å². The molecule has 2 aromatic heterocycles. The highest BCUT2D eigenvalue weighted by Crippen LogP contribution is 2.36. The Labute approximate surface area is 152 Å². The number of nitrogens with zero attached hydrogens (tertiary/aromatic N) is 3. The van der Waals surface area contributed by atoms with Crippen LogP contribution in [0.25, 0.3) is 0 Å². The van der Waals surface area contributed by atoms with Gasteiger partial charge < -0.3 is 18.6 Å². The molecule has 2 saturated heterocycles. The Morgan fingerprint density at radius 2 is 2.08 bits per heavy atom. The zero-order valence-corrected chi connectivity index (χ0v) is 15.4. The van der Waals surface area contributed by atoms with E-state index in [-0.39, 0.29) is 11.9 Å². The van der Waals surface area contributed by atoms with Crippen molar-refractivity contribution in [1.29, 1.82) is 0 Å². The van der Waals surface area contributed by atoms with Crippen LogP contribution in [0.4, 0.5) is 0 Å². The van der Waals surface area contributed by atoms with Gasteiger partial charge in [0.05, 0.1) is 37.1 Å². The Balaban J connectivity index is 1.48. The number of ether oxygens (including phenoxy) is 1. The SMILES string of the molecule is Cc1noc(C)c1[C@H]1CCCN1C(=O)c1coc(CN2CCOCC2)c1. The summed E-state index contributed by atoms with van der Waals surface area (Å²) in [6, 6.07) is 1.91. The molecular weight excluding hydrogens is 334 g/mol. The van der Waals surface area contributed by atoms with Gasteiger partial charge >= 0.3 is 0 Å². The maximum Gasteiger partial charge on any atom is 0.257 e. The molecule has 0 aromatic carbocycles. The number of hydrogen-bond donors (Lipinski definition) is 0. The predicted molar refractivity (Wildman–Crippen MR) is 93.8 cm³/mol. The number of furan rings is 1. The Morgan fingerprint density at radius 3 is 2.81 bits per heavy atom. The Hall–Kier alpha value is -2.12. The fourth-order valence-electron chi connectivity index (χ4n) is 4.00. The number of likely N-dealkylation sites (tertiary alicyclic amines) is 1. The number of aryl methyl sites for hydroxylation is 2. The monoisotopic (exact) mass is 359 g/mol. The first-order valence-electron chi connectivity index (χ1n) is 9.24. The van der Waals surface area contributed by atoms with E-state index in [2.05, 4.69) is 10.1 Å². The van der Waals surface area contributed by atoms with Crippen LogP contribution in [0.5, 0.6) is 0 Å². The van der Waals surface area contributed by atoms with E-state index < -0.39 is 0 Å². The molecule has 0 spiro atoms. The number of rotatable bonds is 4. The standard InChI is InChI=1S/C19H25N3O4/c1-13-18(14(2)26-20-13)17-4-3-5-22(17)19(23)15-10-16(25-12-15)11-21-6-8-24-9-7-21/h10,12,17H,3-9,11H2,1-2H3/t17-/m1/s1. The normalized spacial score (nSPS) is 21.5. The van der Waals surface area contributed by atoms with Gasteiger partial charge in [0.1, 0.15) is 17.8 Å². The molecule has 0 bridgehead atoms. The molecule has 1 atom stereocenters. The highest BCUT2D eigenvalue weighted by atomic mass is 16.5. The van der Waals surface area contributed by atoms with Crippen molar-refractivity contribution in [2.75, 3.05) is 32.8 Å². The molecule has 4 rings (SSSR count). The first-order chi connectivity index (χ1) is 12.6. The van der Waals surface area contributed by atoms with Crippen LogP contribution in [0, 0.1) is 13.8 Å². The fraction of sp³-hybridized carbons (Fsp3) is 0.579. The van der Waals surface area contributed by atoms with Crippen molar-refractivity contribution in [3.8, 4) is 0 Å². The van der Waals surface area contributed by atoms with Gasteiger partial charge in [0, 0.05) is 25.2 Å². The van der Waals surface area contributed by atoms with E-state index in [0.29, 0.717) is 12.1 Å². The second-order valence-electron chi connectivity index (χ2n) is 7.08. The lowest BCUT2D eigenvalue weighted by molar-refractivity contribution is 0.0313. The summed E-state index contributed by atoms with van der Waals surface area (Å²) in [5.41, 5.74) is 2.53. The molecule has 1 amide bonds. The molecule has 0 N–H and O–H groups in total. The van der Waals surface area contributed by atoms with E-state index in [0.717, 1.165) is 68.5 Å². The number of amides is 1. The van der Waals surface area contributed by atoms with Crippen molar-refractivity contribution in [3.05, 3.63) is 40.7 Å². The fourth-order valence-corrected chi connectivity index (χ4v) is 4.00. The van der Waals surface area contributed by atoms with Crippen molar-refractivity contribution in [2.45, 2.75) is 39.3 Å². The number of morpholine rings is 1. The third-order valence-electron chi connectivity index (χ3n) is 5.32. The minimum absolute atomic E-state index is 0.0180. The number of carbonyl (C=O) groups is 1. The second-order valence-corrected chi connectivity index (χ2v) is 7.08. The molecule has 0 aliphatic carbocycles. The lowest BCUT2D eigenvalue weighted by atomic mass is 10.0. The lowest BCUT2D eigenvalue weighted by Gasteiger charge is -2.25. The first-order valence-corrected chi connectivity index (χ1v) is 9.24. The van der Waals surface area contributed by atoms with Gasteiger partial charge in [-0.05, 0) is 32.8 Å². The minimum Gasteiger partial charge on any atom is -0.467 e. The van der Waals surface area contributed by atoms with E-state index in [1.807, 2.05) is 24.8 Å². The summed E-state index contributed by atoms with van der Waals surface area (Å²) < 4.78 is 16.3. The molecular formula is C19H25N3O4. The van der Waals surface area contributed by atoms with Crippen LogP contribution in [0.1, 0.15) is 52.0 Å². The van der Waals surface area contributed by atoms with Crippen LogP contribution in [0.15, 0.2) is 21.3 Å². The second kappa shape index (κ2) is 7.25. The predicted octanol–water partition coefficient (Wildman–Crippen LogP) is 2.69. The highest BCUT2D eigenvalue weighted by Gasteiger charge is 2.34. The van der Waals surface area contributed by atoms with Crippen molar-refractivity contribution < 1.29 is 18.5 Å². The molecule has 2 aliphatic heterocycles. The molecule has 2 fully saturated rings. The smallest absolute Gasteiger partial charge is 0.257 e. The Bertz CT molecular complexity index is 756. The molecule has 4 heterocycles. The van der Waals surface area contributed by atoms with Crippen LogP contribution < -0.4 is 0 Å². The molecule has 0 unspecified atom stereocenters. The van der Waals surface area contributed by atoms with Gasteiger partial charge in [-0.1, -0.05) is 5.16 Å². The van der Waals surface area contributed by atoms with Gasteiger partial charge in [-0.3, -0.25) is 9.69 Å². The average molecular weight is 359 g/mol. The van der Waals surface area contributed by atoms with Gasteiger partial charge in [0.25, 0.3) is 5.91 Å². The van der Waals surface area contributed by atoms with Gasteiger partial charge in [-0.25, -0.2) is 0 Å². The highest BCUT2D eigenvalue weighted by molar-refractivity contribution is 5.94. The van der Waals surface area contributed by atoms with Gasteiger partial charge in [-0.2, -0.15) is 0 Å². The van der Waals surface area contributed by atoms with Gasteiger partial charge in [0.15, 0.2) is 0 Å². The third-order valence-corrected chi connectivity index (χ3v) is 5.32. The van der Waals surface area contributed by atoms with E-state index in [9.17, 15) is 4.79 Å². The molecule has 2 aliphatic rings. The zero-order valence-electron chi connectivity index (χ0n) is 15.4. The third kappa shape index (κ3) is 3.29. The number of aromatic nitrogens is 1. The zero-order chi connectivity index (χ0) is 18.1. The van der Waals surface area contributed by atoms with Crippen molar-refractivity contribution in [1.82, 2.24) is 15.0 Å². The summed E-state index contributed by atoms with van der Waals surface area (Å²) in [5.74, 6) is 1.64. The summed E-state index contributed by atoms with van der Waals surface area (Å²) in [7, 11) is 0. The summed E-state index contributed by atoms with van der Waals surface area (Å²) in [5, 5.41) is 4.05. The first kappa shape index (κ1) is 17.3. The lowest BCUT2D eigenvalue weighted by Crippen LogP contribution is -2.35. The Morgan fingerprint density at radius 1 is 1.27 bits per heavy atom. The van der Waals surface area contributed by atoms with Crippen LogP contribution in [-0.2, 0) is 11.3 Å². The van der Waals surface area contributed by atoms with Crippen LogP contribution in [0.2, 0.25) is 0 Å². The van der Waals surface area contributed by atoms with Crippen LogP contribution in [-0.4, -0.2) is 53.7 Å². The van der Waals surface area contributed by atoms with E-state index in [1.54, 1.807) is 6.26 Å². The number of hydrogen-bond acceptors (Lipinski definition) is 6. The summed E-state index contributed by atoms with van der Waals surface area (Å²) in [4.78, 5) is 17.3. The number of carbonyl (C=O) groups excluding carboxylic acids is 1. The van der Waals surface area contributed by atoms with Crippen LogP contribution >= 0.6 is 0 Å². The van der Waals surface area contributed by atoms with Gasteiger partial charge in [-0.15, -0.1) is 0 Å². The maximum atomic E-state index is 13.1. The molecule has 7 heteroatoms. The van der Waals surface area contributed by atoms with Crippen molar-refractivity contribution >= 4 is 5.91 Å². The quantitative estimate of drug-likeness (QED) is 0.836. The minimum atomic E-state index is 0.0180. The summed E-state index contributed by atoms with van der Waals surface area (Å²) in [6.07, 6.45) is 3.51. The largest absolute Gasteiger partial charge is 0.467 e. The van der Waals surface area contributed by atoms with Crippen LogP contribution in [0.3, 0.4) is 0 Å². The van der Waals surface area contributed by atoms with E-state index >= 15 is 0 Å². The van der Waals surface area contributed by atoms with E-state index in [1.165, 1.54) is 0 Å². The molecule has 2 aromatic rings. The molecule has 140 valence electrons. The average Bonchev–Trinajstić information content (AvgIpc) is 3.36. The summed E-state index contributed by atoms with van der Waals surface area (Å²) >= 11 is 0. The summed E-state index contributed by atoms with van der Waals surface area (Å²) in [6.45, 7) is 8.59. The topological polar surface area (TPSA) is 72.0 Å². The molecule has 0 radical (unpaired) electrons. The van der Waals surface area contributed by atoms with Crippen molar-refractivity contribution in [3.63, 3.8) is 0 Å².